The highest BCUT2D eigenvalue weighted by Crippen LogP contribution is 2.23. The molecule has 0 fully saturated rings. The Morgan fingerprint density at radius 3 is 1.85 bits per heavy atom. The summed E-state index contributed by atoms with van der Waals surface area (Å²) in [5.74, 6) is -5.74. The van der Waals surface area contributed by atoms with Gasteiger partial charge in [0.05, 0.1) is 18.6 Å². The number of carbonyl (C=O) groups excluding carboxylic acids is 7. The minimum absolute atomic E-state index is 0.00480. The number of aryl methyl sites for hydroxylation is 1. The van der Waals surface area contributed by atoms with Crippen LogP contribution in [0.5, 0.6) is 0 Å². The molecule has 0 saturated heterocycles. The molecule has 1 unspecified atom stereocenters. The molecule has 0 aliphatic heterocycles. The Morgan fingerprint density at radius 1 is 0.712 bits per heavy atom. The lowest BCUT2D eigenvalue weighted by Crippen LogP contribution is -2.51. The summed E-state index contributed by atoms with van der Waals surface area (Å²) in [6.07, 6.45) is 3.30. The number of nitrogens with two attached hydrogens (primary N) is 2. The summed E-state index contributed by atoms with van der Waals surface area (Å²) >= 11 is 0. The van der Waals surface area contributed by atoms with Crippen molar-refractivity contribution in [3.05, 3.63) is 59.7 Å². The predicted molar refractivity (Wildman–Crippen MR) is 230 cm³/mol. The normalized spacial score (nSPS) is 14.2. The smallest absolute Gasteiger partial charge is 0.289 e. The number of rotatable bonds is 30. The van der Waals surface area contributed by atoms with Gasteiger partial charge in [0.1, 0.15) is 17.6 Å². The van der Waals surface area contributed by atoms with Crippen LogP contribution in [0.3, 0.4) is 0 Å². The molecule has 0 heterocycles. The number of carbonyl (C=O) groups is 7. The first-order valence-electron chi connectivity index (χ1n) is 21.2. The number of primary amides is 1. The fourth-order valence-corrected chi connectivity index (χ4v) is 6.75. The molecule has 0 radical (unpaired) electrons. The fourth-order valence-electron chi connectivity index (χ4n) is 6.75. The van der Waals surface area contributed by atoms with E-state index in [4.69, 9.17) is 11.5 Å². The first kappa shape index (κ1) is 50.6. The van der Waals surface area contributed by atoms with Crippen LogP contribution in [0.25, 0.3) is 11.1 Å². The third-order valence-electron chi connectivity index (χ3n) is 10.8. The number of Topliss-reactive ketones (excluding diaryl/α,β-unsaturated/α-hetero) is 4. The topological polar surface area (TPSA) is 236 Å². The molecule has 14 heteroatoms. The third-order valence-corrected chi connectivity index (χ3v) is 10.8. The molecule has 2 aromatic rings. The van der Waals surface area contributed by atoms with Crippen LogP contribution in [0.1, 0.15) is 116 Å². The number of hydrogen-bond acceptors (Lipinski definition) is 10. The average molecular weight is 819 g/mol. The molecular formula is C45H67BN4O9. The van der Waals surface area contributed by atoms with Crippen molar-refractivity contribution in [3.63, 3.8) is 0 Å². The molecule has 13 nitrogen and oxygen atoms in total. The lowest BCUT2D eigenvalue weighted by Gasteiger charge is -2.25. The third kappa shape index (κ3) is 18.9. The Hall–Kier alpha value is -4.53. The van der Waals surface area contributed by atoms with Gasteiger partial charge in [-0.25, -0.2) is 0 Å². The van der Waals surface area contributed by atoms with E-state index in [0.717, 1.165) is 36.0 Å². The standard InChI is InChI=1S/C45H67BN4O9/c1-6-7-11-32-15-19-34(20-16-32)35-21-17-33(18-22-35)26-37(52)13-10-14-38(53)27-36(12-8-9-23-47)45(58)50-43(31(4)51)41(55)24-29(2)44(57)49-39(28-42(48)56)40(54)25-30(3)46(5)59/h15-22,29-31,36,39,43,51,59H,6-14,23-28,47H2,1-5H3,(H2,48,56)(H,49,57)(H,50,58)/t29-,30-,31?,36-,39+,43+/m1/s1. The summed E-state index contributed by atoms with van der Waals surface area (Å²) in [7, 11) is 0. The van der Waals surface area contributed by atoms with Crippen molar-refractivity contribution in [3.8, 4) is 11.1 Å². The van der Waals surface area contributed by atoms with Crippen molar-refractivity contribution in [1.82, 2.24) is 10.6 Å². The Morgan fingerprint density at radius 2 is 1.31 bits per heavy atom. The van der Waals surface area contributed by atoms with E-state index in [9.17, 15) is 43.7 Å². The van der Waals surface area contributed by atoms with E-state index in [0.29, 0.717) is 32.2 Å². The average Bonchev–Trinajstić information content (AvgIpc) is 3.18. The molecule has 324 valence electrons. The van der Waals surface area contributed by atoms with Gasteiger partial charge in [-0.15, -0.1) is 0 Å². The lowest BCUT2D eigenvalue weighted by molar-refractivity contribution is -0.136. The molecule has 3 amide bonds. The minimum Gasteiger partial charge on any atom is -0.450 e. The van der Waals surface area contributed by atoms with Crippen molar-refractivity contribution in [1.29, 1.82) is 0 Å². The van der Waals surface area contributed by atoms with E-state index < -0.39 is 84.9 Å². The molecule has 6 atom stereocenters. The van der Waals surface area contributed by atoms with Gasteiger partial charge in [-0.05, 0) is 73.6 Å². The predicted octanol–water partition coefficient (Wildman–Crippen LogP) is 4.47. The zero-order valence-electron chi connectivity index (χ0n) is 35.7. The number of ketones is 4. The Labute approximate surface area is 350 Å². The van der Waals surface area contributed by atoms with Gasteiger partial charge >= 0.3 is 0 Å². The molecule has 8 N–H and O–H groups in total. The van der Waals surface area contributed by atoms with Crippen LogP contribution >= 0.6 is 0 Å². The van der Waals surface area contributed by atoms with E-state index in [2.05, 4.69) is 41.8 Å². The van der Waals surface area contributed by atoms with Gasteiger partial charge in [0.25, 0.3) is 6.92 Å². The minimum atomic E-state index is -1.39. The van der Waals surface area contributed by atoms with Crippen LogP contribution in [-0.2, 0) is 46.4 Å². The Kier molecular flexibility index (Phi) is 22.8. The Bertz CT molecular complexity index is 1680. The highest BCUT2D eigenvalue weighted by atomic mass is 16.3. The number of benzene rings is 2. The maximum absolute atomic E-state index is 13.5. The Balaban J connectivity index is 1.96. The summed E-state index contributed by atoms with van der Waals surface area (Å²) in [5.41, 5.74) is 15.4. The summed E-state index contributed by atoms with van der Waals surface area (Å²) < 4.78 is 0. The SMILES string of the molecule is CCCCc1ccc(-c2ccc(CC(=O)CCCC(=O)C[C@@H](CCCCN)C(=O)N[C@H](C(=O)C[C@@H](C)C(=O)N[C@@H](CC(N)=O)C(=O)C[C@@H](C)B(C)O)C(C)O)cc2)cc1. The second-order valence-electron chi connectivity index (χ2n) is 16.2. The van der Waals surface area contributed by atoms with Crippen molar-refractivity contribution >= 4 is 47.8 Å². The first-order chi connectivity index (χ1) is 27.9. The quantitative estimate of drug-likeness (QED) is 0.0478. The lowest BCUT2D eigenvalue weighted by atomic mass is 9.58. The largest absolute Gasteiger partial charge is 0.450 e. The number of hydrogen-bond donors (Lipinski definition) is 6. The monoisotopic (exact) mass is 819 g/mol. The maximum atomic E-state index is 13.5. The molecule has 2 aromatic carbocycles. The van der Waals surface area contributed by atoms with E-state index in [1.807, 2.05) is 24.3 Å². The van der Waals surface area contributed by atoms with E-state index in [1.165, 1.54) is 26.2 Å². The summed E-state index contributed by atoms with van der Waals surface area (Å²) in [6.45, 7) is 7.69. The van der Waals surface area contributed by atoms with Crippen LogP contribution in [0, 0.1) is 11.8 Å². The molecule has 0 aliphatic carbocycles. The van der Waals surface area contributed by atoms with Crippen LogP contribution in [0.15, 0.2) is 48.5 Å². The van der Waals surface area contributed by atoms with E-state index >= 15 is 0 Å². The second-order valence-corrected chi connectivity index (χ2v) is 16.2. The molecule has 59 heavy (non-hydrogen) atoms. The molecule has 0 spiro atoms. The van der Waals surface area contributed by atoms with Crippen LogP contribution in [0.4, 0.5) is 0 Å². The number of aliphatic hydroxyl groups is 1. The highest BCUT2D eigenvalue weighted by molar-refractivity contribution is 6.50. The molecule has 0 saturated carbocycles. The molecule has 0 aromatic heterocycles. The number of nitrogens with one attached hydrogen (secondary N) is 2. The molecule has 2 rings (SSSR count). The van der Waals surface area contributed by atoms with Gasteiger partial charge < -0.3 is 32.2 Å². The number of amides is 3. The summed E-state index contributed by atoms with van der Waals surface area (Å²) in [4.78, 5) is 90.4. The molecular weight excluding hydrogens is 751 g/mol. The van der Waals surface area contributed by atoms with Crippen molar-refractivity contribution in [2.75, 3.05) is 6.54 Å². The highest BCUT2D eigenvalue weighted by Gasteiger charge is 2.33. The zero-order chi connectivity index (χ0) is 44.1. The van der Waals surface area contributed by atoms with Gasteiger partial charge in [-0.3, -0.25) is 33.6 Å². The van der Waals surface area contributed by atoms with Gasteiger partial charge in [-0.1, -0.05) is 89.0 Å². The van der Waals surface area contributed by atoms with Crippen LogP contribution in [-0.4, -0.2) is 82.6 Å². The first-order valence-corrected chi connectivity index (χ1v) is 21.2. The number of aliphatic hydroxyl groups excluding tert-OH is 1. The fraction of sp³-hybridized carbons (Fsp3) is 0.578. The van der Waals surface area contributed by atoms with Crippen molar-refractivity contribution in [2.45, 2.75) is 148 Å². The van der Waals surface area contributed by atoms with Crippen LogP contribution < -0.4 is 22.1 Å². The number of unbranched alkanes of at least 4 members (excludes halogenated alkanes) is 2. The zero-order valence-corrected chi connectivity index (χ0v) is 35.7. The van der Waals surface area contributed by atoms with Gasteiger partial charge in [-0.2, -0.15) is 0 Å². The van der Waals surface area contributed by atoms with E-state index in [-0.39, 0.29) is 43.7 Å². The van der Waals surface area contributed by atoms with Gasteiger partial charge in [0, 0.05) is 50.4 Å². The molecule has 0 aliphatic rings. The molecule has 0 bridgehead atoms. The van der Waals surface area contributed by atoms with Crippen molar-refractivity contribution in [2.24, 2.45) is 23.3 Å². The van der Waals surface area contributed by atoms with Crippen LogP contribution in [0.2, 0.25) is 12.6 Å². The summed E-state index contributed by atoms with van der Waals surface area (Å²) in [5, 5.41) is 25.4. The second kappa shape index (κ2) is 26.5. The maximum Gasteiger partial charge on any atom is 0.289 e. The van der Waals surface area contributed by atoms with Gasteiger partial charge in [0.15, 0.2) is 11.6 Å². The van der Waals surface area contributed by atoms with Crippen molar-refractivity contribution < 1.29 is 43.7 Å². The van der Waals surface area contributed by atoms with Gasteiger partial charge in [0.2, 0.25) is 17.7 Å². The summed E-state index contributed by atoms with van der Waals surface area (Å²) in [6, 6.07) is 13.8. The van der Waals surface area contributed by atoms with E-state index in [1.54, 1.807) is 6.92 Å².